The highest BCUT2D eigenvalue weighted by Gasteiger charge is 2.53. The molecule has 0 saturated heterocycles. The molecular formula is C102H62N4O2. The average molecular weight is 1380 g/mol. The van der Waals surface area contributed by atoms with Crippen molar-refractivity contribution >= 4 is 21.5 Å². The number of para-hydroxylation sites is 1. The van der Waals surface area contributed by atoms with Crippen LogP contribution >= 0.6 is 0 Å². The van der Waals surface area contributed by atoms with E-state index in [9.17, 15) is 0 Å². The first-order chi connectivity index (χ1) is 53.5. The van der Waals surface area contributed by atoms with Gasteiger partial charge in [0.1, 0.15) is 23.0 Å². The van der Waals surface area contributed by atoms with Gasteiger partial charge in [0.05, 0.1) is 33.6 Å². The summed E-state index contributed by atoms with van der Waals surface area (Å²) in [6, 6.07) is 135. The summed E-state index contributed by atoms with van der Waals surface area (Å²) in [5.74, 6) is 4.47. The molecule has 0 fully saturated rings. The summed E-state index contributed by atoms with van der Waals surface area (Å²) in [7, 11) is 0. The Morgan fingerprint density at radius 3 is 1.05 bits per heavy atom. The quantitative estimate of drug-likeness (QED) is 0.134. The number of ether oxygens (including phenoxy) is 2. The number of hydrogen-bond donors (Lipinski definition) is 0. The fourth-order valence-corrected chi connectivity index (χ4v) is 18.0. The van der Waals surface area contributed by atoms with Crippen LogP contribution in [0, 0.1) is 0 Å². The predicted octanol–water partition coefficient (Wildman–Crippen LogP) is 25.5. The third-order valence-corrected chi connectivity index (χ3v) is 22.8. The minimum Gasteiger partial charge on any atom is -0.457 e. The fraction of sp³-hybridized carbons (Fsp3) is 0.0196. The van der Waals surface area contributed by atoms with E-state index < -0.39 is 10.8 Å². The second-order valence-electron chi connectivity index (χ2n) is 28.6. The van der Waals surface area contributed by atoms with Crippen molar-refractivity contribution in [2.45, 2.75) is 10.8 Å². The number of fused-ring (bicyclic) bond motifs is 21. The molecule has 0 unspecified atom stereocenters. The molecule has 6 nitrogen and oxygen atoms in total. The summed E-state index contributed by atoms with van der Waals surface area (Å²) in [4.78, 5) is 21.6. The van der Waals surface area contributed by atoms with Gasteiger partial charge in [0.25, 0.3) is 0 Å². The summed E-state index contributed by atoms with van der Waals surface area (Å²) in [5.41, 5.74) is 28.3. The van der Waals surface area contributed by atoms with Gasteiger partial charge in [0.15, 0.2) is 11.6 Å². The Bertz CT molecular complexity index is 6690. The molecule has 4 heterocycles. The molecule has 2 aliphatic carbocycles. The molecule has 2 spiro atoms. The van der Waals surface area contributed by atoms with Crippen LogP contribution in [0.3, 0.4) is 0 Å². The molecule has 2 aromatic heterocycles. The van der Waals surface area contributed by atoms with Gasteiger partial charge in [0, 0.05) is 55.6 Å². The highest BCUT2D eigenvalue weighted by molar-refractivity contribution is 6.08. The van der Waals surface area contributed by atoms with Crippen molar-refractivity contribution in [3.05, 3.63) is 421 Å². The van der Waals surface area contributed by atoms with E-state index in [1.54, 1.807) is 0 Å². The fourth-order valence-electron chi connectivity index (χ4n) is 18.0. The van der Waals surface area contributed by atoms with Crippen LogP contribution in [0.4, 0.5) is 0 Å². The summed E-state index contributed by atoms with van der Waals surface area (Å²) in [6.45, 7) is 0. The lowest BCUT2D eigenvalue weighted by Gasteiger charge is -2.39. The maximum absolute atomic E-state index is 7.45. The largest absolute Gasteiger partial charge is 0.457 e. The molecule has 0 radical (unpaired) electrons. The molecule has 6 heteroatoms. The van der Waals surface area contributed by atoms with Crippen molar-refractivity contribution in [3.8, 4) is 146 Å². The van der Waals surface area contributed by atoms with E-state index in [2.05, 4.69) is 358 Å². The van der Waals surface area contributed by atoms with E-state index in [0.717, 1.165) is 140 Å². The zero-order chi connectivity index (χ0) is 71.0. The van der Waals surface area contributed by atoms with Gasteiger partial charge in [-0.05, 0) is 160 Å². The number of aromatic nitrogens is 4. The number of hydrogen-bond acceptors (Lipinski definition) is 6. The van der Waals surface area contributed by atoms with E-state index in [-0.39, 0.29) is 0 Å². The van der Waals surface area contributed by atoms with E-state index in [1.807, 2.05) is 18.2 Å². The molecule has 4 aliphatic rings. The molecule has 0 bridgehead atoms. The molecular weight excluding hydrogens is 1310 g/mol. The van der Waals surface area contributed by atoms with Crippen LogP contribution in [0.5, 0.6) is 23.0 Å². The first kappa shape index (κ1) is 61.3. The Hall–Kier alpha value is -14.2. The summed E-state index contributed by atoms with van der Waals surface area (Å²) < 4.78 is 14.5. The molecule has 16 aromatic carbocycles. The minimum atomic E-state index is -0.694. The van der Waals surface area contributed by atoms with Crippen LogP contribution in [0.25, 0.3) is 145 Å². The van der Waals surface area contributed by atoms with Crippen molar-refractivity contribution in [3.63, 3.8) is 0 Å². The third-order valence-electron chi connectivity index (χ3n) is 22.8. The molecule has 0 saturated carbocycles. The molecule has 22 rings (SSSR count). The smallest absolute Gasteiger partial charge is 0.160 e. The first-order valence-corrected chi connectivity index (χ1v) is 36.9. The second kappa shape index (κ2) is 24.2. The van der Waals surface area contributed by atoms with Gasteiger partial charge < -0.3 is 9.47 Å². The zero-order valence-corrected chi connectivity index (χ0v) is 58.4. The van der Waals surface area contributed by atoms with Crippen LogP contribution in [0.1, 0.15) is 44.5 Å². The van der Waals surface area contributed by atoms with Gasteiger partial charge in [-0.2, -0.15) is 0 Å². The molecule has 18 aromatic rings. The molecule has 108 heavy (non-hydrogen) atoms. The maximum Gasteiger partial charge on any atom is 0.160 e. The van der Waals surface area contributed by atoms with E-state index >= 15 is 0 Å². The normalized spacial score (nSPS) is 13.3. The van der Waals surface area contributed by atoms with Crippen molar-refractivity contribution in [1.29, 1.82) is 0 Å². The monoisotopic (exact) mass is 1370 g/mol. The van der Waals surface area contributed by atoms with Gasteiger partial charge in [-0.3, -0.25) is 0 Å². The highest BCUT2D eigenvalue weighted by Crippen LogP contribution is 2.65. The van der Waals surface area contributed by atoms with Crippen molar-refractivity contribution in [1.82, 2.24) is 19.9 Å². The average Bonchev–Trinajstić information content (AvgIpc) is 1.50. The summed E-state index contributed by atoms with van der Waals surface area (Å²) in [6.07, 6.45) is 0. The SMILES string of the molecule is c1ccc(-c2cccc(-c3nc(-c4cccc(-c5cccc(-c6ccc7c(c6)Oc6cc(-c8cc(-c9ccc%10c(ccc%11ccccc%11%10)c9)nc(-c9ccccc9)n8)ccc6C76c7ccccc7-c7ccccc76)c5)c4)cc(-c4ccc5c(c4)Oc4ccccc4C54c5ccccc5-c5ccccc54)n3)c2)cc1. The third kappa shape index (κ3) is 9.46. The van der Waals surface area contributed by atoms with Crippen LogP contribution in [-0.2, 0) is 10.8 Å². The molecule has 0 atom stereocenters. The molecule has 0 N–H and O–H groups in total. The predicted molar refractivity (Wildman–Crippen MR) is 436 cm³/mol. The number of benzene rings is 16. The maximum atomic E-state index is 7.45. The van der Waals surface area contributed by atoms with Crippen LogP contribution < -0.4 is 9.47 Å². The van der Waals surface area contributed by atoms with Crippen LogP contribution in [0.2, 0.25) is 0 Å². The highest BCUT2D eigenvalue weighted by atomic mass is 16.5. The standard InChI is InChI=1S/C102H62N4O2/c1-3-22-63(23-4-1)66-27-21-32-76(56-66)100-105-91(61-94(106-100)74-48-52-89-97(59-74)107-95-43-18-17-42-87(95)101(89)83-38-13-9-34-79(83)80-35-10-14-39-84(80)101)72-31-20-30-69(55-72)67-28-19-29-68(54-67)70-47-51-88-96(58-70)108-98-60-75(49-53-90(98)102(88)85-40-15-11-36-81(85)82-37-12-16-41-86(82)102)93-62-92(103-99(104-93)65-25-5-2-6-26-65)73-46-50-78-71(57-73)45-44-64-24-7-8-33-77(64)78/h1-62H. The Balaban J connectivity index is 0.651. The lowest BCUT2D eigenvalue weighted by Crippen LogP contribution is -2.32. The first-order valence-electron chi connectivity index (χ1n) is 36.9. The number of nitrogens with zero attached hydrogens (tertiary/aromatic N) is 4. The molecule has 0 amide bonds. The topological polar surface area (TPSA) is 70.0 Å². The zero-order valence-electron chi connectivity index (χ0n) is 58.4. The Morgan fingerprint density at radius 1 is 0.176 bits per heavy atom. The second-order valence-corrected chi connectivity index (χ2v) is 28.6. The van der Waals surface area contributed by atoms with Gasteiger partial charge in [0.2, 0.25) is 0 Å². The molecule has 502 valence electrons. The lowest BCUT2D eigenvalue weighted by molar-refractivity contribution is 0.436. The van der Waals surface area contributed by atoms with Gasteiger partial charge in [-0.15, -0.1) is 0 Å². The van der Waals surface area contributed by atoms with E-state index in [1.165, 1.54) is 60.7 Å². The summed E-state index contributed by atoms with van der Waals surface area (Å²) >= 11 is 0. The Morgan fingerprint density at radius 2 is 0.500 bits per heavy atom. The molecule has 2 aliphatic heterocycles. The Kier molecular flexibility index (Phi) is 13.7. The lowest BCUT2D eigenvalue weighted by atomic mass is 9.66. The minimum absolute atomic E-state index is 0.590. The van der Waals surface area contributed by atoms with Crippen molar-refractivity contribution < 1.29 is 9.47 Å². The van der Waals surface area contributed by atoms with Gasteiger partial charge >= 0.3 is 0 Å². The van der Waals surface area contributed by atoms with Crippen molar-refractivity contribution in [2.24, 2.45) is 0 Å². The van der Waals surface area contributed by atoms with E-state index in [0.29, 0.717) is 11.6 Å². The summed E-state index contributed by atoms with van der Waals surface area (Å²) in [5, 5.41) is 4.81. The van der Waals surface area contributed by atoms with Crippen LogP contribution in [-0.4, -0.2) is 19.9 Å². The van der Waals surface area contributed by atoms with Gasteiger partial charge in [-0.25, -0.2) is 19.9 Å². The van der Waals surface area contributed by atoms with Gasteiger partial charge in [-0.1, -0.05) is 315 Å². The van der Waals surface area contributed by atoms with Crippen molar-refractivity contribution in [2.75, 3.05) is 0 Å². The number of rotatable bonds is 9. The van der Waals surface area contributed by atoms with Crippen LogP contribution in [0.15, 0.2) is 376 Å². The van der Waals surface area contributed by atoms with E-state index in [4.69, 9.17) is 29.4 Å². The Labute approximate surface area is 624 Å².